The van der Waals surface area contributed by atoms with E-state index in [2.05, 4.69) is 21.5 Å². The lowest BCUT2D eigenvalue weighted by atomic mass is 10.1. The Kier molecular flexibility index (Phi) is 10.9. The third-order valence-electron chi connectivity index (χ3n) is 3.85. The van der Waals surface area contributed by atoms with Crippen molar-refractivity contribution in [3.05, 3.63) is 35.9 Å². The highest BCUT2D eigenvalue weighted by molar-refractivity contribution is 8.14. The summed E-state index contributed by atoms with van der Waals surface area (Å²) in [6.45, 7) is -0.632. The van der Waals surface area contributed by atoms with Crippen LogP contribution < -0.4 is 21.5 Å². The molecule has 2 amide bonds. The molecule has 0 bridgehead atoms. The van der Waals surface area contributed by atoms with Crippen molar-refractivity contribution in [1.82, 2.24) is 10.6 Å². The lowest BCUT2D eigenvalue weighted by Gasteiger charge is -2.18. The Morgan fingerprint density at radius 1 is 1.20 bits per heavy atom. The molecule has 0 aliphatic heterocycles. The molecule has 0 saturated heterocycles. The molecule has 164 valence electrons. The van der Waals surface area contributed by atoms with Crippen molar-refractivity contribution in [3.63, 3.8) is 0 Å². The van der Waals surface area contributed by atoms with E-state index in [1.807, 2.05) is 30.3 Å². The van der Waals surface area contributed by atoms with Gasteiger partial charge in [0.1, 0.15) is 23.7 Å². The normalized spacial score (nSPS) is 13.2. The largest absolute Gasteiger partial charge is 0.544 e. The molecule has 0 aliphatic carbocycles. The fourth-order valence-electron chi connectivity index (χ4n) is 2.22. The van der Waals surface area contributed by atoms with Gasteiger partial charge in [0.15, 0.2) is 0 Å². The number of aliphatic carboxylic acids is 2. The third kappa shape index (κ3) is 9.89. The first-order valence-electron chi connectivity index (χ1n) is 8.93. The van der Waals surface area contributed by atoms with Crippen molar-refractivity contribution in [2.24, 2.45) is 5.16 Å². The van der Waals surface area contributed by atoms with Gasteiger partial charge in [0, 0.05) is 25.0 Å². The van der Waals surface area contributed by atoms with Crippen LogP contribution in [0.5, 0.6) is 0 Å². The van der Waals surface area contributed by atoms with Crippen molar-refractivity contribution in [3.8, 4) is 0 Å². The summed E-state index contributed by atoms with van der Waals surface area (Å²) in [6.07, 6.45) is 0.0107. The Hall–Kier alpha value is -3.12. The maximum Gasteiger partial charge on any atom is 0.322 e. The maximum atomic E-state index is 12.3. The Labute approximate surface area is 176 Å². The van der Waals surface area contributed by atoms with Crippen LogP contribution in [-0.2, 0) is 25.6 Å². The number of carbonyl (C=O) groups is 4. The molecule has 12 heteroatoms. The molecule has 0 heterocycles. The second-order valence-corrected chi connectivity index (χ2v) is 7.35. The van der Waals surface area contributed by atoms with Gasteiger partial charge in [-0.2, -0.15) is 0 Å². The number of rotatable bonds is 12. The number of benzene rings is 1. The van der Waals surface area contributed by atoms with E-state index in [4.69, 9.17) is 5.11 Å². The van der Waals surface area contributed by atoms with Crippen LogP contribution in [0.15, 0.2) is 35.5 Å². The van der Waals surface area contributed by atoms with Gasteiger partial charge in [-0.1, -0.05) is 35.5 Å². The Morgan fingerprint density at radius 3 is 2.43 bits per heavy atom. The Morgan fingerprint density at radius 2 is 1.87 bits per heavy atom. The van der Waals surface area contributed by atoms with E-state index in [0.29, 0.717) is 11.5 Å². The Bertz CT molecular complexity index is 773. The molecule has 0 unspecified atom stereocenters. The standard InChI is InChI=1S/C18H24N4O7S/c19-12(18(27)28)6-7-14(23)21-13(17(26)20-9-16(24)25)10-30-15(22-29)8-11-4-2-1-3-5-11/h1-5,12-13,29H,6-10,19H2,(H,20,26)(H,21,23)(H,24,25)(H,27,28)/b22-15-/t12-,13-/m0/s1. The van der Waals surface area contributed by atoms with Crippen molar-refractivity contribution in [2.75, 3.05) is 12.3 Å². The monoisotopic (exact) mass is 440 g/mol. The molecule has 0 aliphatic rings. The van der Waals surface area contributed by atoms with E-state index in [0.717, 1.165) is 17.3 Å². The third-order valence-corrected chi connectivity index (χ3v) is 4.90. The minimum absolute atomic E-state index is 0.0301. The number of nitrogens with one attached hydrogen (secondary N) is 2. The van der Waals surface area contributed by atoms with Gasteiger partial charge in [-0.15, -0.1) is 11.8 Å². The highest BCUT2D eigenvalue weighted by Gasteiger charge is 2.23. The Balaban J connectivity index is 2.71. The molecule has 0 radical (unpaired) electrons. The number of carbonyl (C=O) groups excluding carboxylic acids is 3. The van der Waals surface area contributed by atoms with Gasteiger partial charge in [0.05, 0.1) is 5.97 Å². The van der Waals surface area contributed by atoms with Crippen molar-refractivity contribution < 1.29 is 40.3 Å². The molecule has 7 N–H and O–H groups in total. The van der Waals surface area contributed by atoms with Gasteiger partial charge >= 0.3 is 5.97 Å². The van der Waals surface area contributed by atoms with E-state index in [9.17, 15) is 29.5 Å². The van der Waals surface area contributed by atoms with Crippen LogP contribution >= 0.6 is 11.8 Å². The number of hydrogen-bond donors (Lipinski definition) is 5. The molecule has 1 aromatic rings. The highest BCUT2D eigenvalue weighted by Crippen LogP contribution is 2.13. The zero-order valence-electron chi connectivity index (χ0n) is 16.1. The summed E-state index contributed by atoms with van der Waals surface area (Å²) in [7, 11) is 0. The van der Waals surface area contributed by atoms with Crippen LogP contribution in [0.25, 0.3) is 0 Å². The molecule has 0 aromatic heterocycles. The molecule has 30 heavy (non-hydrogen) atoms. The van der Waals surface area contributed by atoms with Gasteiger partial charge in [0.25, 0.3) is 0 Å². The van der Waals surface area contributed by atoms with Gasteiger partial charge in [-0.3, -0.25) is 14.4 Å². The van der Waals surface area contributed by atoms with Crippen LogP contribution in [0.2, 0.25) is 0 Å². The summed E-state index contributed by atoms with van der Waals surface area (Å²) in [5.41, 5.74) is 4.22. The van der Waals surface area contributed by atoms with E-state index in [1.54, 1.807) is 0 Å². The van der Waals surface area contributed by atoms with Crippen LogP contribution in [0, 0.1) is 0 Å². The van der Waals surface area contributed by atoms with E-state index >= 15 is 0 Å². The second kappa shape index (κ2) is 13.2. The number of thioether (sulfide) groups is 1. The van der Waals surface area contributed by atoms with Crippen LogP contribution in [0.4, 0.5) is 0 Å². The number of hydrogen-bond acceptors (Lipinski definition) is 8. The van der Waals surface area contributed by atoms with Gasteiger partial charge < -0.3 is 36.6 Å². The van der Waals surface area contributed by atoms with E-state index in [-0.39, 0.29) is 18.6 Å². The summed E-state index contributed by atoms with van der Waals surface area (Å²) in [5.74, 6) is -4.01. The predicted molar refractivity (Wildman–Crippen MR) is 105 cm³/mol. The first-order chi connectivity index (χ1) is 14.2. The summed E-state index contributed by atoms with van der Waals surface area (Å²) in [4.78, 5) is 45.7. The fourth-order valence-corrected chi connectivity index (χ4v) is 3.14. The lowest BCUT2D eigenvalue weighted by molar-refractivity contribution is -0.438. The van der Waals surface area contributed by atoms with Crippen molar-refractivity contribution in [1.29, 1.82) is 0 Å². The molecule has 2 atom stereocenters. The molecule has 1 aromatic carbocycles. The molecular weight excluding hydrogens is 416 g/mol. The number of carboxylic acid groups (broad SMARTS) is 2. The zero-order chi connectivity index (χ0) is 22.5. The number of amides is 2. The minimum atomic E-state index is -1.39. The number of quaternary nitrogens is 1. The topological polar surface area (TPSA) is 196 Å². The summed E-state index contributed by atoms with van der Waals surface area (Å²) < 4.78 is 0. The van der Waals surface area contributed by atoms with E-state index < -0.39 is 42.4 Å². The molecule has 0 fully saturated rings. The van der Waals surface area contributed by atoms with Crippen molar-refractivity contribution >= 4 is 40.6 Å². The average molecular weight is 440 g/mol. The van der Waals surface area contributed by atoms with Gasteiger partial charge in [-0.05, 0) is 5.56 Å². The zero-order valence-corrected chi connectivity index (χ0v) is 16.9. The van der Waals surface area contributed by atoms with Gasteiger partial charge in [0.2, 0.25) is 11.8 Å². The first-order valence-corrected chi connectivity index (χ1v) is 9.92. The van der Waals surface area contributed by atoms with Crippen LogP contribution in [-0.4, -0.2) is 63.5 Å². The van der Waals surface area contributed by atoms with Crippen LogP contribution in [0.1, 0.15) is 18.4 Å². The smallest absolute Gasteiger partial charge is 0.322 e. The molecule has 0 spiro atoms. The minimum Gasteiger partial charge on any atom is -0.544 e. The van der Waals surface area contributed by atoms with Crippen LogP contribution in [0.3, 0.4) is 0 Å². The molecule has 1 rings (SSSR count). The number of nitrogens with zero attached hydrogens (tertiary/aromatic N) is 1. The molecular formula is C18H24N4O7S. The maximum absolute atomic E-state index is 12.3. The first kappa shape index (κ1) is 24.9. The quantitative estimate of drug-likeness (QED) is 0.102. The average Bonchev–Trinajstić information content (AvgIpc) is 2.72. The van der Waals surface area contributed by atoms with E-state index in [1.165, 1.54) is 0 Å². The molecule has 11 nitrogen and oxygen atoms in total. The second-order valence-electron chi connectivity index (χ2n) is 6.25. The summed E-state index contributed by atoms with van der Waals surface area (Å²) >= 11 is 1.02. The highest BCUT2D eigenvalue weighted by atomic mass is 32.2. The van der Waals surface area contributed by atoms with Crippen molar-refractivity contribution in [2.45, 2.75) is 31.3 Å². The number of oxime groups is 1. The van der Waals surface area contributed by atoms with Gasteiger partial charge in [-0.25, -0.2) is 0 Å². The predicted octanol–water partition coefficient (Wildman–Crippen LogP) is -2.42. The SMILES string of the molecule is [NH3+][C@@H](CCC(=O)N[C@@H](CS/C(Cc1ccccc1)=N\O)C(=O)NCC(=O)O)C(=O)[O-]. The molecule has 0 saturated carbocycles. The summed E-state index contributed by atoms with van der Waals surface area (Å²) in [5, 5.41) is 36.7. The fraction of sp³-hybridized carbons (Fsp3) is 0.389. The number of carboxylic acids is 2. The lowest BCUT2D eigenvalue weighted by Crippen LogP contribution is -2.68. The summed E-state index contributed by atoms with van der Waals surface area (Å²) in [6, 6.07) is 6.93.